The van der Waals surface area contributed by atoms with E-state index in [1.165, 1.54) is 31.2 Å². The molecule has 0 aliphatic carbocycles. The van der Waals surface area contributed by atoms with E-state index in [4.69, 9.17) is 11.5 Å². The van der Waals surface area contributed by atoms with Crippen molar-refractivity contribution in [3.8, 4) is 5.75 Å². The summed E-state index contributed by atoms with van der Waals surface area (Å²) < 4.78 is 0. The fourth-order valence-corrected chi connectivity index (χ4v) is 3.60. The molecule has 1 aromatic rings. The number of phenolic OH excluding ortho intramolecular Hbond substituents is 1. The lowest BCUT2D eigenvalue weighted by atomic mass is 10.0. The normalized spacial score (nSPS) is 14.0. The maximum atomic E-state index is 13.0. The van der Waals surface area contributed by atoms with Crippen LogP contribution in [0, 0.1) is 0 Å². The molecule has 12 nitrogen and oxygen atoms in total. The van der Waals surface area contributed by atoms with E-state index in [1.54, 1.807) is 0 Å². The number of aliphatic hydroxyl groups is 1. The first-order chi connectivity index (χ1) is 17.4. The minimum atomic E-state index is -1.42. The zero-order chi connectivity index (χ0) is 28.0. The van der Waals surface area contributed by atoms with Gasteiger partial charge in [-0.2, -0.15) is 0 Å². The molecule has 0 aromatic heterocycles. The zero-order valence-corrected chi connectivity index (χ0v) is 21.4. The fraction of sp³-hybridized carbons (Fsp3) is 0.560. The van der Waals surface area contributed by atoms with Gasteiger partial charge in [0.25, 0.3) is 0 Å². The summed E-state index contributed by atoms with van der Waals surface area (Å²) >= 11 is 0. The first-order valence-corrected chi connectivity index (χ1v) is 12.4. The highest BCUT2D eigenvalue weighted by Gasteiger charge is 2.31. The van der Waals surface area contributed by atoms with Crippen LogP contribution in [0.3, 0.4) is 0 Å². The number of primary amides is 2. The Morgan fingerprint density at radius 3 is 2.00 bits per heavy atom. The molecule has 0 fully saturated rings. The number of hydrogen-bond acceptors (Lipinski definition) is 7. The molecule has 0 spiro atoms. The van der Waals surface area contributed by atoms with Crippen LogP contribution in [-0.4, -0.2) is 64.0 Å². The molecule has 0 saturated heterocycles. The van der Waals surface area contributed by atoms with Crippen molar-refractivity contribution in [1.29, 1.82) is 0 Å². The summed E-state index contributed by atoms with van der Waals surface area (Å²) in [5.41, 5.74) is 11.1. The number of carbonyl (C=O) groups excluding carboxylic acids is 5. The molecule has 0 saturated carbocycles. The molecule has 0 heterocycles. The third-order valence-electron chi connectivity index (χ3n) is 5.66. The van der Waals surface area contributed by atoms with Gasteiger partial charge in [-0.1, -0.05) is 44.7 Å². The highest BCUT2D eigenvalue weighted by Crippen LogP contribution is 2.12. The summed E-state index contributed by atoms with van der Waals surface area (Å²) in [6.45, 7) is 3.34. The quantitative estimate of drug-likeness (QED) is 0.133. The topological polar surface area (TPSA) is 214 Å². The molecule has 0 aliphatic rings. The van der Waals surface area contributed by atoms with Crippen molar-refractivity contribution in [3.05, 3.63) is 29.8 Å². The lowest BCUT2D eigenvalue weighted by Gasteiger charge is -2.25. The standard InChI is InChI=1S/C25H39N5O7/c1-3-4-5-6-7-8-21(34)28-19(14-20(26)33)24(36)29-18(13-16-9-11-17(32)12-10-16)25(37)30-22(15(2)31)23(27)35/h9-12,15,18-19,22,31-32H,3-8,13-14H2,1-2H3,(H2,26,33)(H2,27,35)(H,28,34)(H,29,36)(H,30,37). The predicted molar refractivity (Wildman–Crippen MR) is 136 cm³/mol. The number of rotatable bonds is 17. The van der Waals surface area contributed by atoms with E-state index in [1.807, 2.05) is 0 Å². The number of unbranched alkanes of at least 4 members (excludes halogenated alkanes) is 4. The van der Waals surface area contributed by atoms with Crippen LogP contribution >= 0.6 is 0 Å². The van der Waals surface area contributed by atoms with Crippen molar-refractivity contribution in [2.24, 2.45) is 11.5 Å². The second-order valence-electron chi connectivity index (χ2n) is 9.02. The van der Waals surface area contributed by atoms with Crippen LogP contribution in [0.25, 0.3) is 0 Å². The minimum absolute atomic E-state index is 0.00406. The highest BCUT2D eigenvalue weighted by molar-refractivity contribution is 5.96. The highest BCUT2D eigenvalue weighted by atomic mass is 16.3. The van der Waals surface area contributed by atoms with Crippen molar-refractivity contribution in [2.75, 3.05) is 0 Å². The van der Waals surface area contributed by atoms with Gasteiger partial charge in [0.15, 0.2) is 0 Å². The molecule has 4 unspecified atom stereocenters. The second kappa shape index (κ2) is 16.1. The summed E-state index contributed by atoms with van der Waals surface area (Å²) in [5.74, 6) is -3.89. The number of carbonyl (C=O) groups is 5. The monoisotopic (exact) mass is 521 g/mol. The van der Waals surface area contributed by atoms with Gasteiger partial charge in [-0.15, -0.1) is 0 Å². The van der Waals surface area contributed by atoms with E-state index >= 15 is 0 Å². The first kappa shape index (κ1) is 31.4. The summed E-state index contributed by atoms with van der Waals surface area (Å²) in [7, 11) is 0. The van der Waals surface area contributed by atoms with Crippen LogP contribution < -0.4 is 27.4 Å². The average Bonchev–Trinajstić information content (AvgIpc) is 2.81. The summed E-state index contributed by atoms with van der Waals surface area (Å²) in [6, 6.07) is 1.83. The Morgan fingerprint density at radius 1 is 0.865 bits per heavy atom. The van der Waals surface area contributed by atoms with E-state index < -0.39 is 60.2 Å². The predicted octanol–water partition coefficient (Wildman–Crippen LogP) is -0.509. The molecule has 206 valence electrons. The van der Waals surface area contributed by atoms with Crippen LogP contribution in [-0.2, 0) is 30.4 Å². The van der Waals surface area contributed by atoms with Crippen molar-refractivity contribution < 1.29 is 34.2 Å². The van der Waals surface area contributed by atoms with Gasteiger partial charge in [0.1, 0.15) is 23.9 Å². The van der Waals surface area contributed by atoms with Gasteiger partial charge in [-0.25, -0.2) is 0 Å². The van der Waals surface area contributed by atoms with Gasteiger partial charge in [0.05, 0.1) is 12.5 Å². The van der Waals surface area contributed by atoms with E-state index in [-0.39, 0.29) is 18.6 Å². The van der Waals surface area contributed by atoms with Crippen LogP contribution in [0.2, 0.25) is 0 Å². The van der Waals surface area contributed by atoms with E-state index in [0.717, 1.165) is 25.7 Å². The number of benzene rings is 1. The number of hydrogen-bond donors (Lipinski definition) is 7. The van der Waals surface area contributed by atoms with Crippen LogP contribution in [0.15, 0.2) is 24.3 Å². The minimum Gasteiger partial charge on any atom is -0.508 e. The third-order valence-corrected chi connectivity index (χ3v) is 5.66. The summed E-state index contributed by atoms with van der Waals surface area (Å²) in [5, 5.41) is 26.6. The van der Waals surface area contributed by atoms with E-state index in [9.17, 15) is 34.2 Å². The third kappa shape index (κ3) is 12.2. The largest absolute Gasteiger partial charge is 0.508 e. The Hall–Kier alpha value is -3.67. The van der Waals surface area contributed by atoms with E-state index in [2.05, 4.69) is 22.9 Å². The van der Waals surface area contributed by atoms with Crippen molar-refractivity contribution >= 4 is 29.5 Å². The molecular weight excluding hydrogens is 482 g/mol. The first-order valence-electron chi connectivity index (χ1n) is 12.4. The molecule has 37 heavy (non-hydrogen) atoms. The van der Waals surface area contributed by atoms with Gasteiger partial charge >= 0.3 is 0 Å². The van der Waals surface area contributed by atoms with Gasteiger partial charge in [0.2, 0.25) is 29.5 Å². The van der Waals surface area contributed by atoms with Crippen LogP contribution in [0.1, 0.15) is 64.4 Å². The van der Waals surface area contributed by atoms with Gasteiger partial charge in [-0.3, -0.25) is 24.0 Å². The Kier molecular flexibility index (Phi) is 13.7. The molecule has 4 atom stereocenters. The number of phenols is 1. The molecule has 0 radical (unpaired) electrons. The fourth-order valence-electron chi connectivity index (χ4n) is 3.60. The SMILES string of the molecule is CCCCCCCC(=O)NC(CC(N)=O)C(=O)NC(Cc1ccc(O)cc1)C(=O)NC(C(N)=O)C(C)O. The molecule has 1 aromatic carbocycles. The Labute approximate surface area is 216 Å². The molecule has 5 amide bonds. The number of aliphatic hydroxyl groups excluding tert-OH is 1. The lowest BCUT2D eigenvalue weighted by molar-refractivity contribution is -0.135. The Bertz CT molecular complexity index is 921. The maximum absolute atomic E-state index is 13.0. The van der Waals surface area contributed by atoms with Crippen LogP contribution in [0.4, 0.5) is 0 Å². The molecule has 0 bridgehead atoms. The van der Waals surface area contributed by atoms with Crippen LogP contribution in [0.5, 0.6) is 5.75 Å². The number of nitrogens with two attached hydrogens (primary N) is 2. The summed E-state index contributed by atoms with van der Waals surface area (Å²) in [4.78, 5) is 61.6. The molecule has 0 aliphatic heterocycles. The number of amides is 5. The molecule has 12 heteroatoms. The second-order valence-corrected chi connectivity index (χ2v) is 9.02. The number of nitrogens with one attached hydrogen (secondary N) is 3. The molecule has 9 N–H and O–H groups in total. The molecule has 1 rings (SSSR count). The summed E-state index contributed by atoms with van der Waals surface area (Å²) in [6.07, 6.45) is 2.89. The van der Waals surface area contributed by atoms with Gasteiger partial charge < -0.3 is 37.6 Å². The average molecular weight is 522 g/mol. The zero-order valence-electron chi connectivity index (χ0n) is 21.4. The Morgan fingerprint density at radius 2 is 1.46 bits per heavy atom. The van der Waals surface area contributed by atoms with Gasteiger partial charge in [-0.05, 0) is 31.0 Å². The number of aromatic hydroxyl groups is 1. The van der Waals surface area contributed by atoms with Crippen molar-refractivity contribution in [1.82, 2.24) is 16.0 Å². The van der Waals surface area contributed by atoms with E-state index in [0.29, 0.717) is 12.0 Å². The lowest BCUT2D eigenvalue weighted by Crippen LogP contribution is -2.59. The Balaban J connectivity index is 3.02. The molecular formula is C25H39N5O7. The smallest absolute Gasteiger partial charge is 0.243 e. The maximum Gasteiger partial charge on any atom is 0.243 e. The van der Waals surface area contributed by atoms with Crippen molar-refractivity contribution in [3.63, 3.8) is 0 Å². The van der Waals surface area contributed by atoms with Crippen molar-refractivity contribution in [2.45, 2.75) is 89.4 Å². The van der Waals surface area contributed by atoms with Gasteiger partial charge in [0, 0.05) is 12.8 Å².